The molecule has 56 valence electrons. The normalized spacial score (nSPS) is 14.3. The van der Waals surface area contributed by atoms with Gasteiger partial charge in [-0.1, -0.05) is 0 Å². The van der Waals surface area contributed by atoms with Crippen LogP contribution >= 0.6 is 23.5 Å². The molecule has 0 saturated carbocycles. The monoisotopic (exact) mass is 166 g/mol. The summed E-state index contributed by atoms with van der Waals surface area (Å²) in [7, 11) is 0. The Morgan fingerprint density at radius 2 is 1.78 bits per heavy atom. The molecule has 0 rings (SSSR count). The molecule has 0 aromatic carbocycles. The summed E-state index contributed by atoms with van der Waals surface area (Å²) in [4.78, 5) is 0. The Morgan fingerprint density at radius 1 is 1.33 bits per heavy atom. The molecule has 0 spiro atoms. The third-order valence-electron chi connectivity index (χ3n) is 1.06. The summed E-state index contributed by atoms with van der Waals surface area (Å²) in [6.07, 6.45) is 4.88. The Kier molecular flexibility index (Phi) is 5.84. The first-order valence-corrected chi connectivity index (χ1v) is 5.52. The number of thioether (sulfide) groups is 2. The molecule has 0 heterocycles. The maximum absolute atomic E-state index is 8.96. The van der Waals surface area contributed by atoms with Crippen molar-refractivity contribution in [3.05, 3.63) is 0 Å². The molecule has 1 nitrogen and oxygen atoms in total. The molecule has 1 N–H and O–H groups in total. The van der Waals surface area contributed by atoms with Gasteiger partial charge in [-0.15, -0.1) is 0 Å². The summed E-state index contributed by atoms with van der Waals surface area (Å²) < 4.78 is 0.560. The van der Waals surface area contributed by atoms with Crippen molar-refractivity contribution >= 4 is 23.5 Å². The largest absolute Gasteiger partial charge is 0.393 e. The predicted molar refractivity (Wildman–Crippen MR) is 47.1 cm³/mol. The molecule has 0 aliphatic rings. The standard InChI is InChI=1S/C6H14OS2/c1-5(7)4-6(8-2)9-3/h5-7H,4H2,1-3H3. The SMILES string of the molecule is CSC(CC(C)O)SC. The summed E-state index contributed by atoms with van der Waals surface area (Å²) in [6, 6.07) is 0. The van der Waals surface area contributed by atoms with Crippen LogP contribution in [0.4, 0.5) is 0 Å². The van der Waals surface area contributed by atoms with Crippen LogP contribution in [0.2, 0.25) is 0 Å². The van der Waals surface area contributed by atoms with E-state index in [1.54, 1.807) is 23.5 Å². The third-order valence-corrected chi connectivity index (χ3v) is 3.65. The van der Waals surface area contributed by atoms with Crippen LogP contribution in [0.15, 0.2) is 0 Å². The van der Waals surface area contributed by atoms with E-state index in [1.165, 1.54) is 0 Å². The first-order chi connectivity index (χ1) is 4.20. The van der Waals surface area contributed by atoms with E-state index in [9.17, 15) is 0 Å². The number of aliphatic hydroxyl groups is 1. The first kappa shape index (κ1) is 9.66. The topological polar surface area (TPSA) is 20.2 Å². The molecule has 0 aliphatic heterocycles. The zero-order valence-corrected chi connectivity index (χ0v) is 7.76. The van der Waals surface area contributed by atoms with Crippen molar-refractivity contribution < 1.29 is 5.11 Å². The van der Waals surface area contributed by atoms with Crippen molar-refractivity contribution in [2.24, 2.45) is 0 Å². The minimum Gasteiger partial charge on any atom is -0.393 e. The lowest BCUT2D eigenvalue weighted by atomic mass is 10.3. The van der Waals surface area contributed by atoms with Gasteiger partial charge in [-0.25, -0.2) is 0 Å². The van der Waals surface area contributed by atoms with Gasteiger partial charge in [0, 0.05) is 0 Å². The second kappa shape index (κ2) is 5.45. The van der Waals surface area contributed by atoms with Gasteiger partial charge in [0.05, 0.1) is 10.7 Å². The average molecular weight is 166 g/mol. The van der Waals surface area contributed by atoms with Gasteiger partial charge in [0.15, 0.2) is 0 Å². The summed E-state index contributed by atoms with van der Waals surface area (Å²) in [5.74, 6) is 0. The van der Waals surface area contributed by atoms with Crippen molar-refractivity contribution in [1.82, 2.24) is 0 Å². The van der Waals surface area contributed by atoms with E-state index in [0.717, 1.165) is 6.42 Å². The highest BCUT2D eigenvalue weighted by molar-refractivity contribution is 8.16. The second-order valence-electron chi connectivity index (χ2n) is 1.99. The minimum absolute atomic E-state index is 0.158. The predicted octanol–water partition coefficient (Wildman–Crippen LogP) is 1.81. The van der Waals surface area contributed by atoms with E-state index < -0.39 is 0 Å². The van der Waals surface area contributed by atoms with Crippen LogP contribution in [-0.2, 0) is 0 Å². The Bertz CT molecular complexity index is 62.1. The molecule has 0 aliphatic carbocycles. The van der Waals surface area contributed by atoms with E-state index >= 15 is 0 Å². The van der Waals surface area contributed by atoms with Gasteiger partial charge in [0.25, 0.3) is 0 Å². The van der Waals surface area contributed by atoms with Crippen LogP contribution < -0.4 is 0 Å². The summed E-state index contributed by atoms with van der Waals surface area (Å²) in [5.41, 5.74) is 0. The molecule has 0 aromatic heterocycles. The van der Waals surface area contributed by atoms with Crippen LogP contribution in [0.25, 0.3) is 0 Å². The molecule has 0 bridgehead atoms. The van der Waals surface area contributed by atoms with E-state index in [4.69, 9.17) is 5.11 Å². The van der Waals surface area contributed by atoms with Gasteiger partial charge in [-0.2, -0.15) is 23.5 Å². The molecule has 1 unspecified atom stereocenters. The minimum atomic E-state index is -0.158. The van der Waals surface area contributed by atoms with Crippen molar-refractivity contribution in [2.45, 2.75) is 24.0 Å². The van der Waals surface area contributed by atoms with Crippen LogP contribution in [0.1, 0.15) is 13.3 Å². The fraction of sp³-hybridized carbons (Fsp3) is 1.00. The molecular weight excluding hydrogens is 152 g/mol. The molecule has 1 atom stereocenters. The van der Waals surface area contributed by atoms with E-state index in [-0.39, 0.29) is 6.10 Å². The number of aliphatic hydroxyl groups excluding tert-OH is 1. The quantitative estimate of drug-likeness (QED) is 0.643. The number of rotatable bonds is 4. The molecular formula is C6H14OS2. The van der Waals surface area contributed by atoms with Crippen molar-refractivity contribution in [2.75, 3.05) is 12.5 Å². The van der Waals surface area contributed by atoms with Gasteiger partial charge in [0.1, 0.15) is 0 Å². The molecule has 0 amide bonds. The second-order valence-corrected chi connectivity index (χ2v) is 4.36. The Morgan fingerprint density at radius 3 is 1.89 bits per heavy atom. The van der Waals surface area contributed by atoms with Crippen LogP contribution in [0.5, 0.6) is 0 Å². The molecule has 0 aromatic rings. The number of hydrogen-bond donors (Lipinski definition) is 1. The fourth-order valence-corrected chi connectivity index (χ4v) is 2.28. The summed E-state index contributed by atoms with van der Waals surface area (Å²) in [6.45, 7) is 1.83. The number of hydrogen-bond acceptors (Lipinski definition) is 3. The highest BCUT2D eigenvalue weighted by atomic mass is 32.2. The van der Waals surface area contributed by atoms with E-state index in [1.807, 2.05) is 6.92 Å². The van der Waals surface area contributed by atoms with Crippen LogP contribution in [0.3, 0.4) is 0 Å². The van der Waals surface area contributed by atoms with Gasteiger partial charge in [0.2, 0.25) is 0 Å². The first-order valence-electron chi connectivity index (χ1n) is 2.94. The lowest BCUT2D eigenvalue weighted by molar-refractivity contribution is 0.190. The molecule has 0 radical (unpaired) electrons. The average Bonchev–Trinajstić information content (AvgIpc) is 1.82. The lowest BCUT2D eigenvalue weighted by Gasteiger charge is -2.12. The van der Waals surface area contributed by atoms with Crippen molar-refractivity contribution in [1.29, 1.82) is 0 Å². The van der Waals surface area contributed by atoms with Crippen molar-refractivity contribution in [3.8, 4) is 0 Å². The zero-order valence-electron chi connectivity index (χ0n) is 6.13. The highest BCUT2D eigenvalue weighted by Gasteiger charge is 2.06. The maximum atomic E-state index is 8.96. The molecule has 3 heteroatoms. The third kappa shape index (κ3) is 5.12. The Labute approximate surface area is 65.6 Å². The Balaban J connectivity index is 3.31. The molecule has 0 fully saturated rings. The Hall–Kier alpha value is 0.660. The summed E-state index contributed by atoms with van der Waals surface area (Å²) in [5, 5.41) is 8.96. The van der Waals surface area contributed by atoms with Crippen LogP contribution in [-0.4, -0.2) is 28.3 Å². The lowest BCUT2D eigenvalue weighted by Crippen LogP contribution is -2.07. The van der Waals surface area contributed by atoms with Gasteiger partial charge in [-0.05, 0) is 25.9 Å². The summed E-state index contributed by atoms with van der Waals surface area (Å²) >= 11 is 3.60. The highest BCUT2D eigenvalue weighted by Crippen LogP contribution is 2.22. The van der Waals surface area contributed by atoms with E-state index in [0.29, 0.717) is 4.58 Å². The maximum Gasteiger partial charge on any atom is 0.0530 e. The van der Waals surface area contributed by atoms with Gasteiger partial charge >= 0.3 is 0 Å². The fourth-order valence-electron chi connectivity index (χ4n) is 0.567. The smallest absolute Gasteiger partial charge is 0.0530 e. The van der Waals surface area contributed by atoms with Crippen molar-refractivity contribution in [3.63, 3.8) is 0 Å². The van der Waals surface area contributed by atoms with Crippen LogP contribution in [0, 0.1) is 0 Å². The van der Waals surface area contributed by atoms with E-state index in [2.05, 4.69) is 12.5 Å². The van der Waals surface area contributed by atoms with Gasteiger partial charge in [-0.3, -0.25) is 0 Å². The van der Waals surface area contributed by atoms with Gasteiger partial charge < -0.3 is 5.11 Å². The molecule has 9 heavy (non-hydrogen) atoms. The zero-order chi connectivity index (χ0) is 7.28. The molecule has 0 saturated heterocycles.